The second kappa shape index (κ2) is 6.46. The summed E-state index contributed by atoms with van der Waals surface area (Å²) in [7, 11) is 0. The summed E-state index contributed by atoms with van der Waals surface area (Å²) in [5.74, 6) is 1.44. The average Bonchev–Trinajstić information content (AvgIpc) is 3.42. The fourth-order valence-corrected chi connectivity index (χ4v) is 3.99. The summed E-state index contributed by atoms with van der Waals surface area (Å²) >= 11 is 0. The third-order valence-corrected chi connectivity index (χ3v) is 5.63. The number of rotatable bonds is 4. The van der Waals surface area contributed by atoms with Gasteiger partial charge in [-0.15, -0.1) is 5.10 Å². The third kappa shape index (κ3) is 3.00. The Morgan fingerprint density at radius 3 is 3.00 bits per heavy atom. The minimum absolute atomic E-state index is 0.0221. The first-order valence-electron chi connectivity index (χ1n) is 9.56. The number of aromatic nitrogens is 4. The summed E-state index contributed by atoms with van der Waals surface area (Å²) in [5, 5.41) is 13.5. The molecule has 4 heterocycles. The summed E-state index contributed by atoms with van der Waals surface area (Å²) in [6.45, 7) is 2.88. The number of fused-ring (bicyclic) bond motifs is 1. The maximum absolute atomic E-state index is 12.3. The van der Waals surface area contributed by atoms with Crippen LogP contribution in [-0.4, -0.2) is 39.2 Å². The molecule has 0 radical (unpaired) electrons. The van der Waals surface area contributed by atoms with Crippen molar-refractivity contribution in [2.24, 2.45) is 0 Å². The van der Waals surface area contributed by atoms with Crippen molar-refractivity contribution in [1.29, 1.82) is 0 Å². The predicted octanol–water partition coefficient (Wildman–Crippen LogP) is 1.65. The number of hydrogen-bond donors (Lipinski definition) is 0. The fourth-order valence-electron chi connectivity index (χ4n) is 3.99. The Balaban J connectivity index is 1.39. The van der Waals surface area contributed by atoms with Crippen molar-refractivity contribution in [3.05, 3.63) is 45.5 Å². The molecule has 2 aromatic heterocycles. The number of anilines is 1. The molecule has 3 aliphatic rings. The Labute approximate surface area is 152 Å². The van der Waals surface area contributed by atoms with Gasteiger partial charge in [0, 0.05) is 30.5 Å². The molecule has 0 bridgehead atoms. The van der Waals surface area contributed by atoms with E-state index in [-0.39, 0.29) is 11.6 Å². The molecule has 0 N–H and O–H groups in total. The van der Waals surface area contributed by atoms with Crippen molar-refractivity contribution in [3.63, 3.8) is 0 Å². The number of hydrogen-bond acceptors (Lipinski definition) is 6. The molecule has 0 aromatic carbocycles. The molecule has 5 rings (SSSR count). The van der Waals surface area contributed by atoms with Crippen LogP contribution in [-0.2, 0) is 24.3 Å². The standard InChI is InChI=1S/C19H23N5O2/c25-19-6-5-17(13-3-4-13)22-24(19)11-15-2-1-8-23(15)18-10-14-12-26-9-7-16(14)20-21-18/h5-6,10,13,15H,1-4,7-9,11-12H2. The highest BCUT2D eigenvalue weighted by molar-refractivity contribution is 5.43. The highest BCUT2D eigenvalue weighted by Gasteiger charge is 2.29. The van der Waals surface area contributed by atoms with Crippen LogP contribution < -0.4 is 10.5 Å². The Morgan fingerprint density at radius 2 is 2.12 bits per heavy atom. The number of nitrogens with zero attached hydrogens (tertiary/aromatic N) is 5. The van der Waals surface area contributed by atoms with E-state index in [9.17, 15) is 4.79 Å². The normalized spacial score (nSPS) is 22.5. The molecule has 7 heteroatoms. The van der Waals surface area contributed by atoms with Gasteiger partial charge in [0.05, 0.1) is 37.2 Å². The van der Waals surface area contributed by atoms with Gasteiger partial charge in [-0.1, -0.05) is 0 Å². The molecule has 1 unspecified atom stereocenters. The summed E-state index contributed by atoms with van der Waals surface area (Å²) in [4.78, 5) is 14.6. The van der Waals surface area contributed by atoms with E-state index in [4.69, 9.17) is 4.74 Å². The second-order valence-electron chi connectivity index (χ2n) is 7.52. The van der Waals surface area contributed by atoms with E-state index in [2.05, 4.69) is 26.3 Å². The van der Waals surface area contributed by atoms with Gasteiger partial charge < -0.3 is 9.64 Å². The van der Waals surface area contributed by atoms with E-state index in [1.165, 1.54) is 12.8 Å². The topological polar surface area (TPSA) is 73.1 Å². The van der Waals surface area contributed by atoms with Crippen LogP contribution in [0.1, 0.15) is 48.6 Å². The van der Waals surface area contributed by atoms with Gasteiger partial charge in [-0.2, -0.15) is 10.2 Å². The van der Waals surface area contributed by atoms with Gasteiger partial charge in [0.25, 0.3) is 5.56 Å². The molecule has 2 aliphatic heterocycles. The quantitative estimate of drug-likeness (QED) is 0.832. The van der Waals surface area contributed by atoms with Crippen molar-refractivity contribution in [2.45, 2.75) is 57.2 Å². The summed E-state index contributed by atoms with van der Waals surface area (Å²) in [6.07, 6.45) is 5.34. The molecule has 1 atom stereocenters. The first-order chi connectivity index (χ1) is 12.8. The Kier molecular flexibility index (Phi) is 3.96. The fraction of sp³-hybridized carbons (Fsp3) is 0.579. The summed E-state index contributed by atoms with van der Waals surface area (Å²) in [5.41, 5.74) is 3.22. The lowest BCUT2D eigenvalue weighted by Crippen LogP contribution is -2.38. The average molecular weight is 353 g/mol. The first kappa shape index (κ1) is 15.9. The zero-order valence-electron chi connectivity index (χ0n) is 14.8. The van der Waals surface area contributed by atoms with Gasteiger partial charge in [0.15, 0.2) is 5.82 Å². The van der Waals surface area contributed by atoms with Gasteiger partial charge in [-0.3, -0.25) is 4.79 Å². The lowest BCUT2D eigenvalue weighted by atomic mass is 10.1. The largest absolute Gasteiger partial charge is 0.376 e. The summed E-state index contributed by atoms with van der Waals surface area (Å²) < 4.78 is 7.20. The molecule has 0 amide bonds. The van der Waals surface area contributed by atoms with Crippen LogP contribution in [0.2, 0.25) is 0 Å². The van der Waals surface area contributed by atoms with E-state index < -0.39 is 0 Å². The van der Waals surface area contributed by atoms with E-state index in [0.29, 0.717) is 19.1 Å². The van der Waals surface area contributed by atoms with E-state index in [1.54, 1.807) is 10.7 Å². The molecule has 2 aromatic rings. The van der Waals surface area contributed by atoms with Crippen LogP contribution in [0.15, 0.2) is 23.0 Å². The highest BCUT2D eigenvalue weighted by Crippen LogP contribution is 2.38. The molecule has 2 fully saturated rings. The first-order valence-corrected chi connectivity index (χ1v) is 9.56. The molecule has 136 valence electrons. The summed E-state index contributed by atoms with van der Waals surface area (Å²) in [6, 6.07) is 5.89. The zero-order valence-corrected chi connectivity index (χ0v) is 14.8. The lowest BCUT2D eigenvalue weighted by Gasteiger charge is -2.27. The van der Waals surface area contributed by atoms with Crippen LogP contribution >= 0.6 is 0 Å². The molecule has 26 heavy (non-hydrogen) atoms. The van der Waals surface area contributed by atoms with Gasteiger partial charge in [-0.25, -0.2) is 4.68 Å². The molecule has 0 spiro atoms. The predicted molar refractivity (Wildman–Crippen MR) is 96.2 cm³/mol. The molecule has 1 saturated carbocycles. The van der Waals surface area contributed by atoms with Crippen molar-refractivity contribution in [2.75, 3.05) is 18.1 Å². The van der Waals surface area contributed by atoms with E-state index in [1.807, 2.05) is 6.07 Å². The number of ether oxygens (including phenoxy) is 1. The van der Waals surface area contributed by atoms with Gasteiger partial charge in [0.1, 0.15) is 0 Å². The van der Waals surface area contributed by atoms with Gasteiger partial charge >= 0.3 is 0 Å². The highest BCUT2D eigenvalue weighted by atomic mass is 16.5. The lowest BCUT2D eigenvalue weighted by molar-refractivity contribution is 0.109. The third-order valence-electron chi connectivity index (χ3n) is 5.63. The van der Waals surface area contributed by atoms with Crippen LogP contribution in [0.5, 0.6) is 0 Å². The van der Waals surface area contributed by atoms with Crippen molar-refractivity contribution in [3.8, 4) is 0 Å². The Hall–Kier alpha value is -2.28. The monoisotopic (exact) mass is 353 g/mol. The minimum atomic E-state index is -0.0221. The maximum atomic E-state index is 12.3. The van der Waals surface area contributed by atoms with E-state index in [0.717, 1.165) is 55.2 Å². The van der Waals surface area contributed by atoms with Crippen LogP contribution in [0.25, 0.3) is 0 Å². The second-order valence-corrected chi connectivity index (χ2v) is 7.52. The van der Waals surface area contributed by atoms with Crippen molar-refractivity contribution in [1.82, 2.24) is 20.0 Å². The SMILES string of the molecule is O=c1ccc(C2CC2)nn1CC1CCCN1c1cc2c(nn1)CCOC2. The van der Waals surface area contributed by atoms with E-state index >= 15 is 0 Å². The molecule has 1 aliphatic carbocycles. The van der Waals surface area contributed by atoms with Crippen LogP contribution in [0, 0.1) is 0 Å². The maximum Gasteiger partial charge on any atom is 0.266 e. The zero-order chi connectivity index (χ0) is 17.5. The molecule has 1 saturated heterocycles. The molecule has 7 nitrogen and oxygen atoms in total. The van der Waals surface area contributed by atoms with Crippen LogP contribution in [0.4, 0.5) is 5.82 Å². The van der Waals surface area contributed by atoms with Crippen LogP contribution in [0.3, 0.4) is 0 Å². The van der Waals surface area contributed by atoms with Crippen molar-refractivity contribution < 1.29 is 4.74 Å². The minimum Gasteiger partial charge on any atom is -0.376 e. The molecular formula is C19H23N5O2. The van der Waals surface area contributed by atoms with Gasteiger partial charge in [0.2, 0.25) is 0 Å². The smallest absolute Gasteiger partial charge is 0.266 e. The van der Waals surface area contributed by atoms with Crippen molar-refractivity contribution >= 4 is 5.82 Å². The Bertz CT molecular complexity index is 876. The van der Waals surface area contributed by atoms with Gasteiger partial charge in [-0.05, 0) is 37.8 Å². The molecular weight excluding hydrogens is 330 g/mol. The Morgan fingerprint density at radius 1 is 1.19 bits per heavy atom.